The Kier molecular flexibility index (Phi) is 5.80. The van der Waals surface area contributed by atoms with Crippen molar-refractivity contribution in [1.82, 2.24) is 15.6 Å². The van der Waals surface area contributed by atoms with Gasteiger partial charge in [0.05, 0.1) is 11.7 Å². The lowest BCUT2D eigenvalue weighted by Crippen LogP contribution is -2.44. The summed E-state index contributed by atoms with van der Waals surface area (Å²) in [4.78, 5) is 27.1. The molecule has 3 rings (SSSR count). The summed E-state index contributed by atoms with van der Waals surface area (Å²) < 4.78 is 5.78. The first-order chi connectivity index (χ1) is 12.6. The molecule has 2 aromatic rings. The van der Waals surface area contributed by atoms with Gasteiger partial charge in [0, 0.05) is 31.6 Å². The molecule has 1 aliphatic rings. The average molecular weight is 355 g/mol. The lowest BCUT2D eigenvalue weighted by molar-refractivity contribution is 0.00206. The first-order valence-electron chi connectivity index (χ1n) is 8.50. The normalized spacial score (nSPS) is 19.5. The molecule has 1 saturated heterocycles. The fourth-order valence-electron chi connectivity index (χ4n) is 2.91. The molecule has 0 saturated carbocycles. The number of pyridine rings is 1. The van der Waals surface area contributed by atoms with Gasteiger partial charge in [0.1, 0.15) is 0 Å². The standard InChI is InChI=1S/C19H21N3O4/c23-18(24)14-5-3-13(4-6-14)11-21-19(25)22-16-7-9-26-17(10-16)15-2-1-8-20-12-15/h1-6,8,12,16-17H,7,9-11H2,(H,23,24)(H2,21,22,25). The lowest BCUT2D eigenvalue weighted by Gasteiger charge is -2.30. The van der Waals surface area contributed by atoms with Crippen molar-refractivity contribution in [3.63, 3.8) is 0 Å². The molecule has 1 aromatic heterocycles. The first-order valence-corrected chi connectivity index (χ1v) is 8.50. The zero-order valence-corrected chi connectivity index (χ0v) is 14.2. The van der Waals surface area contributed by atoms with Gasteiger partial charge in [-0.05, 0) is 42.2 Å². The molecule has 1 fully saturated rings. The van der Waals surface area contributed by atoms with E-state index in [9.17, 15) is 9.59 Å². The zero-order chi connectivity index (χ0) is 18.4. The number of hydrogen-bond donors (Lipinski definition) is 3. The van der Waals surface area contributed by atoms with Crippen molar-refractivity contribution in [2.75, 3.05) is 6.61 Å². The second-order valence-electron chi connectivity index (χ2n) is 6.20. The summed E-state index contributed by atoms with van der Waals surface area (Å²) in [6, 6.07) is 10.1. The molecule has 26 heavy (non-hydrogen) atoms. The van der Waals surface area contributed by atoms with E-state index in [0.717, 1.165) is 17.5 Å². The molecular formula is C19H21N3O4. The number of benzene rings is 1. The number of carboxylic acids is 1. The number of rotatable bonds is 5. The monoisotopic (exact) mass is 355 g/mol. The quantitative estimate of drug-likeness (QED) is 0.765. The number of aromatic nitrogens is 1. The summed E-state index contributed by atoms with van der Waals surface area (Å²) in [5.41, 5.74) is 2.07. The van der Waals surface area contributed by atoms with Crippen molar-refractivity contribution in [3.8, 4) is 0 Å². The molecule has 1 aliphatic heterocycles. The number of carbonyl (C=O) groups excluding carboxylic acids is 1. The first kappa shape index (κ1) is 17.9. The highest BCUT2D eigenvalue weighted by Crippen LogP contribution is 2.27. The predicted octanol–water partition coefficient (Wildman–Crippen LogP) is 2.50. The van der Waals surface area contributed by atoms with Crippen molar-refractivity contribution >= 4 is 12.0 Å². The fourth-order valence-corrected chi connectivity index (χ4v) is 2.91. The van der Waals surface area contributed by atoms with Gasteiger partial charge in [-0.3, -0.25) is 4.98 Å². The van der Waals surface area contributed by atoms with Crippen LogP contribution in [-0.2, 0) is 11.3 Å². The minimum absolute atomic E-state index is 0.0309. The molecule has 7 nitrogen and oxygen atoms in total. The van der Waals surface area contributed by atoms with Crippen LogP contribution in [0.3, 0.4) is 0 Å². The molecule has 2 atom stereocenters. The second kappa shape index (κ2) is 8.44. The lowest BCUT2D eigenvalue weighted by atomic mass is 9.99. The number of carbonyl (C=O) groups is 2. The molecule has 3 N–H and O–H groups in total. The molecule has 136 valence electrons. The van der Waals surface area contributed by atoms with Crippen LogP contribution in [0.15, 0.2) is 48.8 Å². The molecule has 2 unspecified atom stereocenters. The Morgan fingerprint density at radius 1 is 1.23 bits per heavy atom. The van der Waals surface area contributed by atoms with Crippen molar-refractivity contribution in [3.05, 3.63) is 65.5 Å². The van der Waals surface area contributed by atoms with Crippen LogP contribution in [0.1, 0.15) is 40.4 Å². The van der Waals surface area contributed by atoms with Crippen LogP contribution < -0.4 is 10.6 Å². The summed E-state index contributed by atoms with van der Waals surface area (Å²) in [6.07, 6.45) is 4.90. The Morgan fingerprint density at radius 2 is 2.04 bits per heavy atom. The molecule has 0 aliphatic carbocycles. The van der Waals surface area contributed by atoms with Crippen LogP contribution >= 0.6 is 0 Å². The van der Waals surface area contributed by atoms with E-state index in [0.29, 0.717) is 19.6 Å². The van der Waals surface area contributed by atoms with Gasteiger partial charge in [-0.2, -0.15) is 0 Å². The minimum atomic E-state index is -0.968. The van der Waals surface area contributed by atoms with Crippen molar-refractivity contribution in [2.45, 2.75) is 31.5 Å². The Bertz CT molecular complexity index is 749. The van der Waals surface area contributed by atoms with Gasteiger partial charge in [0.15, 0.2) is 0 Å². The highest BCUT2D eigenvalue weighted by atomic mass is 16.5. The van der Waals surface area contributed by atoms with Gasteiger partial charge < -0.3 is 20.5 Å². The Balaban J connectivity index is 1.47. The Morgan fingerprint density at radius 3 is 2.73 bits per heavy atom. The molecular weight excluding hydrogens is 334 g/mol. The maximum atomic E-state index is 12.1. The van der Waals surface area contributed by atoms with Gasteiger partial charge in [-0.1, -0.05) is 18.2 Å². The van der Waals surface area contributed by atoms with Crippen LogP contribution in [0.5, 0.6) is 0 Å². The van der Waals surface area contributed by atoms with E-state index in [2.05, 4.69) is 15.6 Å². The number of nitrogens with one attached hydrogen (secondary N) is 2. The molecule has 2 heterocycles. The van der Waals surface area contributed by atoms with E-state index < -0.39 is 5.97 Å². The van der Waals surface area contributed by atoms with Gasteiger partial charge in [-0.15, -0.1) is 0 Å². The SMILES string of the molecule is O=C(NCc1ccc(C(=O)O)cc1)NC1CCOC(c2cccnc2)C1. The van der Waals surface area contributed by atoms with E-state index in [1.165, 1.54) is 12.1 Å². The fraction of sp³-hybridized carbons (Fsp3) is 0.316. The van der Waals surface area contributed by atoms with E-state index in [-0.39, 0.29) is 23.7 Å². The third-order valence-electron chi connectivity index (χ3n) is 4.33. The van der Waals surface area contributed by atoms with Gasteiger partial charge >= 0.3 is 12.0 Å². The van der Waals surface area contributed by atoms with E-state index in [1.807, 2.05) is 12.1 Å². The summed E-state index contributed by atoms with van der Waals surface area (Å²) >= 11 is 0. The number of hydrogen-bond acceptors (Lipinski definition) is 4. The topological polar surface area (TPSA) is 101 Å². The number of ether oxygens (including phenoxy) is 1. The smallest absolute Gasteiger partial charge is 0.335 e. The molecule has 2 amide bonds. The average Bonchev–Trinajstić information content (AvgIpc) is 2.67. The number of nitrogens with zero attached hydrogens (tertiary/aromatic N) is 1. The molecule has 1 aromatic carbocycles. The molecule has 0 radical (unpaired) electrons. The van der Waals surface area contributed by atoms with E-state index in [4.69, 9.17) is 9.84 Å². The van der Waals surface area contributed by atoms with Crippen molar-refractivity contribution in [2.24, 2.45) is 0 Å². The Labute approximate surface area is 151 Å². The van der Waals surface area contributed by atoms with E-state index in [1.54, 1.807) is 24.5 Å². The van der Waals surface area contributed by atoms with Crippen molar-refractivity contribution < 1.29 is 19.4 Å². The summed E-state index contributed by atoms with van der Waals surface area (Å²) in [7, 11) is 0. The van der Waals surface area contributed by atoms with Crippen LogP contribution in [0.4, 0.5) is 4.79 Å². The molecule has 0 spiro atoms. The van der Waals surface area contributed by atoms with Crippen LogP contribution in [0.2, 0.25) is 0 Å². The molecule has 0 bridgehead atoms. The molecule has 7 heteroatoms. The largest absolute Gasteiger partial charge is 0.478 e. The van der Waals surface area contributed by atoms with E-state index >= 15 is 0 Å². The summed E-state index contributed by atoms with van der Waals surface area (Å²) in [6.45, 7) is 0.919. The second-order valence-corrected chi connectivity index (χ2v) is 6.20. The van der Waals surface area contributed by atoms with Crippen LogP contribution in [0, 0.1) is 0 Å². The number of aromatic carboxylic acids is 1. The number of carboxylic acid groups (broad SMARTS) is 1. The van der Waals surface area contributed by atoms with Gasteiger partial charge in [-0.25, -0.2) is 9.59 Å². The highest BCUT2D eigenvalue weighted by Gasteiger charge is 2.25. The van der Waals surface area contributed by atoms with Gasteiger partial charge in [0.25, 0.3) is 0 Å². The van der Waals surface area contributed by atoms with Crippen molar-refractivity contribution in [1.29, 1.82) is 0 Å². The summed E-state index contributed by atoms with van der Waals surface area (Å²) in [5.74, 6) is -0.968. The maximum absolute atomic E-state index is 12.1. The maximum Gasteiger partial charge on any atom is 0.335 e. The Hall–Kier alpha value is -2.93. The third-order valence-corrected chi connectivity index (χ3v) is 4.33. The zero-order valence-electron chi connectivity index (χ0n) is 14.2. The van der Waals surface area contributed by atoms with Gasteiger partial charge in [0.2, 0.25) is 0 Å². The third kappa shape index (κ3) is 4.80. The van der Waals surface area contributed by atoms with Crippen LogP contribution in [0.25, 0.3) is 0 Å². The van der Waals surface area contributed by atoms with Crippen LogP contribution in [-0.4, -0.2) is 34.7 Å². The minimum Gasteiger partial charge on any atom is -0.478 e. The number of urea groups is 1. The highest BCUT2D eigenvalue weighted by molar-refractivity contribution is 5.87. The predicted molar refractivity (Wildman–Crippen MR) is 94.7 cm³/mol. The summed E-state index contributed by atoms with van der Waals surface area (Å²) in [5, 5.41) is 14.7. The number of amides is 2.